The molecule has 2 heterocycles. The van der Waals surface area contributed by atoms with Crippen LogP contribution in [0.25, 0.3) is 0 Å². The monoisotopic (exact) mass is 257 g/mol. The maximum absolute atomic E-state index is 5.97. The highest BCUT2D eigenvalue weighted by molar-refractivity contribution is 5.35. The minimum Gasteiger partial charge on any atom is -0.373 e. The van der Waals surface area contributed by atoms with Crippen LogP contribution in [-0.2, 0) is 4.74 Å². The fraction of sp³-hybridized carbons (Fsp3) is 0.647. The van der Waals surface area contributed by atoms with E-state index in [-0.39, 0.29) is 0 Å². The SMILES string of the molecule is CC1CCC(NC2CC3CCC2O3)c2ccccc21. The van der Waals surface area contributed by atoms with Gasteiger partial charge in [0.05, 0.1) is 12.2 Å². The second-order valence-corrected chi connectivity index (χ2v) is 6.54. The molecule has 2 heteroatoms. The van der Waals surface area contributed by atoms with Crippen molar-refractivity contribution in [1.82, 2.24) is 5.32 Å². The predicted molar refractivity (Wildman–Crippen MR) is 76.3 cm³/mol. The Hall–Kier alpha value is -0.860. The highest BCUT2D eigenvalue weighted by Crippen LogP contribution is 2.40. The topological polar surface area (TPSA) is 21.3 Å². The average molecular weight is 257 g/mol. The Morgan fingerprint density at radius 2 is 1.89 bits per heavy atom. The number of ether oxygens (including phenoxy) is 1. The molecule has 2 bridgehead atoms. The molecular formula is C17H23NO. The Balaban J connectivity index is 1.55. The first kappa shape index (κ1) is 11.9. The first-order chi connectivity index (χ1) is 9.31. The van der Waals surface area contributed by atoms with E-state index in [0.29, 0.717) is 30.2 Å². The lowest BCUT2D eigenvalue weighted by Crippen LogP contribution is -2.41. The average Bonchev–Trinajstić information content (AvgIpc) is 3.05. The third kappa shape index (κ3) is 2.02. The molecule has 3 aliphatic rings. The van der Waals surface area contributed by atoms with Crippen LogP contribution in [0, 0.1) is 0 Å². The number of rotatable bonds is 2. The van der Waals surface area contributed by atoms with E-state index in [1.807, 2.05) is 0 Å². The van der Waals surface area contributed by atoms with Gasteiger partial charge >= 0.3 is 0 Å². The highest BCUT2D eigenvalue weighted by atomic mass is 16.5. The van der Waals surface area contributed by atoms with Crippen molar-refractivity contribution in [3.63, 3.8) is 0 Å². The van der Waals surface area contributed by atoms with Crippen molar-refractivity contribution in [2.24, 2.45) is 0 Å². The van der Waals surface area contributed by atoms with Gasteiger partial charge in [0, 0.05) is 12.1 Å². The zero-order chi connectivity index (χ0) is 12.8. The Morgan fingerprint density at radius 1 is 1.05 bits per heavy atom. The van der Waals surface area contributed by atoms with Crippen LogP contribution >= 0.6 is 0 Å². The zero-order valence-electron chi connectivity index (χ0n) is 11.6. The fourth-order valence-electron chi connectivity index (χ4n) is 4.25. The quantitative estimate of drug-likeness (QED) is 0.875. The van der Waals surface area contributed by atoms with Gasteiger partial charge in [-0.15, -0.1) is 0 Å². The molecule has 1 aliphatic carbocycles. The summed E-state index contributed by atoms with van der Waals surface area (Å²) in [7, 11) is 0. The lowest BCUT2D eigenvalue weighted by Gasteiger charge is -2.34. The molecule has 1 aromatic rings. The van der Waals surface area contributed by atoms with Crippen LogP contribution in [0.4, 0.5) is 0 Å². The van der Waals surface area contributed by atoms with E-state index in [1.54, 1.807) is 5.56 Å². The van der Waals surface area contributed by atoms with Gasteiger partial charge in [-0.1, -0.05) is 31.2 Å². The van der Waals surface area contributed by atoms with Crippen LogP contribution in [0.3, 0.4) is 0 Å². The maximum Gasteiger partial charge on any atom is 0.0733 e. The molecule has 1 N–H and O–H groups in total. The Morgan fingerprint density at radius 3 is 2.63 bits per heavy atom. The van der Waals surface area contributed by atoms with E-state index in [9.17, 15) is 0 Å². The van der Waals surface area contributed by atoms with Crippen molar-refractivity contribution >= 4 is 0 Å². The van der Waals surface area contributed by atoms with Crippen LogP contribution in [0.5, 0.6) is 0 Å². The molecule has 19 heavy (non-hydrogen) atoms. The Bertz CT molecular complexity index is 472. The van der Waals surface area contributed by atoms with Crippen LogP contribution in [0.15, 0.2) is 24.3 Å². The molecule has 0 saturated carbocycles. The molecular weight excluding hydrogens is 234 g/mol. The largest absolute Gasteiger partial charge is 0.373 e. The molecule has 0 spiro atoms. The summed E-state index contributed by atoms with van der Waals surface area (Å²) in [5, 5.41) is 3.90. The van der Waals surface area contributed by atoms with Crippen molar-refractivity contribution in [3.8, 4) is 0 Å². The molecule has 4 rings (SSSR count). The number of hydrogen-bond acceptors (Lipinski definition) is 2. The van der Waals surface area contributed by atoms with Crippen LogP contribution < -0.4 is 5.32 Å². The minimum atomic E-state index is 0.483. The number of nitrogens with one attached hydrogen (secondary N) is 1. The number of fused-ring (bicyclic) bond motifs is 3. The summed E-state index contributed by atoms with van der Waals surface area (Å²) in [4.78, 5) is 0. The van der Waals surface area contributed by atoms with Crippen molar-refractivity contribution in [2.45, 2.75) is 69.2 Å². The van der Waals surface area contributed by atoms with Crippen LogP contribution in [0.1, 0.15) is 62.1 Å². The summed E-state index contributed by atoms with van der Waals surface area (Å²) in [5.41, 5.74) is 3.08. The van der Waals surface area contributed by atoms with Gasteiger partial charge in [-0.25, -0.2) is 0 Å². The van der Waals surface area contributed by atoms with Crippen LogP contribution in [-0.4, -0.2) is 18.2 Å². The van der Waals surface area contributed by atoms with Gasteiger partial charge in [0.2, 0.25) is 0 Å². The minimum absolute atomic E-state index is 0.483. The molecule has 0 radical (unpaired) electrons. The fourth-order valence-corrected chi connectivity index (χ4v) is 4.25. The molecule has 2 saturated heterocycles. The normalized spacial score (nSPS) is 40.4. The van der Waals surface area contributed by atoms with Gasteiger partial charge in [-0.3, -0.25) is 0 Å². The molecule has 5 atom stereocenters. The third-order valence-electron chi connectivity index (χ3n) is 5.31. The van der Waals surface area contributed by atoms with Gasteiger partial charge in [0.1, 0.15) is 0 Å². The van der Waals surface area contributed by atoms with E-state index in [1.165, 1.54) is 37.7 Å². The molecule has 0 aromatic heterocycles. The molecule has 1 aromatic carbocycles. The summed E-state index contributed by atoms with van der Waals surface area (Å²) >= 11 is 0. The standard InChI is InChI=1S/C17H23NO/c1-11-6-8-15(14-5-3-2-4-13(11)14)18-16-10-12-7-9-17(16)19-12/h2-5,11-12,15-18H,6-10H2,1H3. The molecule has 102 valence electrons. The van der Waals surface area contributed by atoms with Gasteiger partial charge < -0.3 is 10.1 Å². The molecule has 2 nitrogen and oxygen atoms in total. The zero-order valence-corrected chi connectivity index (χ0v) is 11.6. The molecule has 5 unspecified atom stereocenters. The van der Waals surface area contributed by atoms with Crippen molar-refractivity contribution < 1.29 is 4.74 Å². The third-order valence-corrected chi connectivity index (χ3v) is 5.31. The maximum atomic E-state index is 5.97. The molecule has 0 amide bonds. The summed E-state index contributed by atoms with van der Waals surface area (Å²) in [5.74, 6) is 0.713. The molecule has 2 aliphatic heterocycles. The lowest BCUT2D eigenvalue weighted by atomic mass is 9.80. The van der Waals surface area contributed by atoms with E-state index in [2.05, 4.69) is 36.5 Å². The Kier molecular flexibility index (Phi) is 2.89. The number of hydrogen-bond donors (Lipinski definition) is 1. The smallest absolute Gasteiger partial charge is 0.0733 e. The van der Waals surface area contributed by atoms with E-state index < -0.39 is 0 Å². The van der Waals surface area contributed by atoms with E-state index in [4.69, 9.17) is 4.74 Å². The van der Waals surface area contributed by atoms with E-state index >= 15 is 0 Å². The summed E-state index contributed by atoms with van der Waals surface area (Å²) in [6, 6.07) is 10.1. The highest BCUT2D eigenvalue weighted by Gasteiger charge is 2.41. The molecule has 2 fully saturated rings. The Labute approximate surface area is 115 Å². The first-order valence-corrected chi connectivity index (χ1v) is 7.81. The second kappa shape index (κ2) is 4.60. The predicted octanol–water partition coefficient (Wildman–Crippen LogP) is 3.53. The van der Waals surface area contributed by atoms with Gasteiger partial charge in [-0.05, 0) is 49.1 Å². The second-order valence-electron chi connectivity index (χ2n) is 6.54. The first-order valence-electron chi connectivity index (χ1n) is 7.81. The lowest BCUT2D eigenvalue weighted by molar-refractivity contribution is 0.0955. The summed E-state index contributed by atoms with van der Waals surface area (Å²) in [6.45, 7) is 2.36. The van der Waals surface area contributed by atoms with Crippen molar-refractivity contribution in [2.75, 3.05) is 0 Å². The summed E-state index contributed by atoms with van der Waals surface area (Å²) < 4.78 is 5.97. The van der Waals surface area contributed by atoms with E-state index in [0.717, 1.165) is 0 Å². The van der Waals surface area contributed by atoms with Crippen LogP contribution in [0.2, 0.25) is 0 Å². The van der Waals surface area contributed by atoms with Crippen molar-refractivity contribution in [3.05, 3.63) is 35.4 Å². The van der Waals surface area contributed by atoms with Crippen molar-refractivity contribution in [1.29, 1.82) is 0 Å². The van der Waals surface area contributed by atoms with Gasteiger partial charge in [0.25, 0.3) is 0 Å². The van der Waals surface area contributed by atoms with Gasteiger partial charge in [-0.2, -0.15) is 0 Å². The van der Waals surface area contributed by atoms with Gasteiger partial charge in [0.15, 0.2) is 0 Å². The summed E-state index contributed by atoms with van der Waals surface area (Å²) in [6.07, 6.45) is 7.35. The number of benzene rings is 1.